The quantitative estimate of drug-likeness (QED) is 0.709. The third-order valence-corrected chi connectivity index (χ3v) is 4.63. The van der Waals surface area contributed by atoms with Crippen LogP contribution in [-0.4, -0.2) is 47.1 Å². The third kappa shape index (κ3) is 3.41. The number of benzene rings is 2. The standard InChI is InChI=1S/C19H17ClN4O2/c20-16-8-6-15(7-9-16)18(25)23-10-12-24(13-11-23)19-21-17(26-22-19)14-4-2-1-3-5-14/h1-9H,10-13H2. The van der Waals surface area contributed by atoms with Crippen molar-refractivity contribution in [3.63, 3.8) is 0 Å². The van der Waals surface area contributed by atoms with Gasteiger partial charge in [-0.25, -0.2) is 0 Å². The molecule has 0 unspecified atom stereocenters. The van der Waals surface area contributed by atoms with E-state index in [2.05, 4.69) is 10.1 Å². The van der Waals surface area contributed by atoms with Crippen molar-refractivity contribution in [2.24, 2.45) is 0 Å². The second-order valence-electron chi connectivity index (χ2n) is 6.05. The Balaban J connectivity index is 1.40. The molecule has 0 atom stereocenters. The van der Waals surface area contributed by atoms with Crippen molar-refractivity contribution in [1.29, 1.82) is 0 Å². The fourth-order valence-corrected chi connectivity index (χ4v) is 3.05. The number of amides is 1. The molecule has 6 nitrogen and oxygen atoms in total. The molecule has 1 aliphatic heterocycles. The van der Waals surface area contributed by atoms with E-state index >= 15 is 0 Å². The Kier molecular flexibility index (Phi) is 4.58. The summed E-state index contributed by atoms with van der Waals surface area (Å²) in [6.07, 6.45) is 0. The van der Waals surface area contributed by atoms with Crippen LogP contribution < -0.4 is 4.90 Å². The van der Waals surface area contributed by atoms with Crippen LogP contribution in [0.5, 0.6) is 0 Å². The van der Waals surface area contributed by atoms with E-state index in [-0.39, 0.29) is 5.91 Å². The third-order valence-electron chi connectivity index (χ3n) is 4.38. The highest BCUT2D eigenvalue weighted by atomic mass is 35.5. The molecule has 0 bridgehead atoms. The molecule has 0 spiro atoms. The monoisotopic (exact) mass is 368 g/mol. The van der Waals surface area contributed by atoms with Gasteiger partial charge < -0.3 is 14.3 Å². The molecule has 0 radical (unpaired) electrons. The summed E-state index contributed by atoms with van der Waals surface area (Å²) in [4.78, 5) is 20.9. The van der Waals surface area contributed by atoms with Gasteiger partial charge in [0.2, 0.25) is 0 Å². The number of hydrogen-bond donors (Lipinski definition) is 0. The Morgan fingerprint density at radius 1 is 0.962 bits per heavy atom. The fourth-order valence-electron chi connectivity index (χ4n) is 2.93. The summed E-state index contributed by atoms with van der Waals surface area (Å²) >= 11 is 5.88. The maximum atomic E-state index is 12.6. The van der Waals surface area contributed by atoms with E-state index in [1.807, 2.05) is 40.1 Å². The number of nitrogens with zero attached hydrogens (tertiary/aromatic N) is 4. The van der Waals surface area contributed by atoms with Crippen LogP contribution in [0.4, 0.5) is 5.95 Å². The molecule has 26 heavy (non-hydrogen) atoms. The molecule has 4 rings (SSSR count). The molecular formula is C19H17ClN4O2. The lowest BCUT2D eigenvalue weighted by Gasteiger charge is -2.33. The topological polar surface area (TPSA) is 62.5 Å². The molecule has 1 amide bonds. The Labute approximate surface area is 156 Å². The Morgan fingerprint density at radius 2 is 1.65 bits per heavy atom. The van der Waals surface area contributed by atoms with Crippen LogP contribution in [0.25, 0.3) is 11.5 Å². The minimum absolute atomic E-state index is 0.0133. The first kappa shape index (κ1) is 16.6. The highest BCUT2D eigenvalue weighted by Gasteiger charge is 2.24. The lowest BCUT2D eigenvalue weighted by Crippen LogP contribution is -2.49. The molecule has 7 heteroatoms. The van der Waals surface area contributed by atoms with Crippen molar-refractivity contribution >= 4 is 23.5 Å². The zero-order valence-corrected chi connectivity index (χ0v) is 14.8. The second-order valence-corrected chi connectivity index (χ2v) is 6.49. The lowest BCUT2D eigenvalue weighted by molar-refractivity contribution is 0.0746. The smallest absolute Gasteiger partial charge is 0.266 e. The van der Waals surface area contributed by atoms with Crippen LogP contribution >= 0.6 is 11.6 Å². The Morgan fingerprint density at radius 3 is 2.35 bits per heavy atom. The first-order valence-electron chi connectivity index (χ1n) is 8.39. The molecule has 2 heterocycles. The first-order valence-corrected chi connectivity index (χ1v) is 8.77. The molecule has 1 aliphatic rings. The summed E-state index contributed by atoms with van der Waals surface area (Å²) in [5.74, 6) is 1.07. The van der Waals surface area contributed by atoms with E-state index in [0.717, 1.165) is 5.56 Å². The van der Waals surface area contributed by atoms with Crippen molar-refractivity contribution in [3.05, 3.63) is 65.2 Å². The maximum absolute atomic E-state index is 12.6. The van der Waals surface area contributed by atoms with Gasteiger partial charge in [-0.2, -0.15) is 4.98 Å². The highest BCUT2D eigenvalue weighted by Crippen LogP contribution is 2.21. The number of rotatable bonds is 3. The minimum atomic E-state index is 0.0133. The number of aromatic nitrogens is 2. The molecule has 1 fully saturated rings. The van der Waals surface area contributed by atoms with Crippen molar-refractivity contribution in [2.45, 2.75) is 0 Å². The van der Waals surface area contributed by atoms with Gasteiger partial charge in [-0.05, 0) is 41.6 Å². The summed E-state index contributed by atoms with van der Waals surface area (Å²) in [7, 11) is 0. The number of anilines is 1. The van der Waals surface area contributed by atoms with Crippen LogP contribution in [0.3, 0.4) is 0 Å². The number of carbonyl (C=O) groups is 1. The van der Waals surface area contributed by atoms with Gasteiger partial charge in [0.1, 0.15) is 0 Å². The van der Waals surface area contributed by atoms with Gasteiger partial charge in [0.15, 0.2) is 0 Å². The molecule has 3 aromatic rings. The van der Waals surface area contributed by atoms with Crippen LogP contribution in [0, 0.1) is 0 Å². The molecule has 0 aliphatic carbocycles. The predicted octanol–water partition coefficient (Wildman–Crippen LogP) is 3.35. The van der Waals surface area contributed by atoms with Crippen molar-refractivity contribution in [2.75, 3.05) is 31.1 Å². The van der Waals surface area contributed by atoms with Gasteiger partial charge in [-0.1, -0.05) is 29.8 Å². The van der Waals surface area contributed by atoms with E-state index in [1.54, 1.807) is 24.3 Å². The van der Waals surface area contributed by atoms with Crippen molar-refractivity contribution < 1.29 is 9.32 Å². The van der Waals surface area contributed by atoms with E-state index in [0.29, 0.717) is 48.6 Å². The number of hydrogen-bond acceptors (Lipinski definition) is 5. The van der Waals surface area contributed by atoms with Gasteiger partial charge in [0, 0.05) is 42.3 Å². The van der Waals surface area contributed by atoms with E-state index in [9.17, 15) is 4.79 Å². The molecule has 0 N–H and O–H groups in total. The SMILES string of the molecule is O=C(c1ccc(Cl)cc1)N1CCN(c2noc(-c3ccccc3)n2)CC1. The van der Waals surface area contributed by atoms with Crippen LogP contribution in [0.2, 0.25) is 5.02 Å². The van der Waals surface area contributed by atoms with Gasteiger partial charge in [-0.15, -0.1) is 0 Å². The predicted molar refractivity (Wildman–Crippen MR) is 99.3 cm³/mol. The van der Waals surface area contributed by atoms with E-state index in [4.69, 9.17) is 16.1 Å². The van der Waals surface area contributed by atoms with E-state index < -0.39 is 0 Å². The summed E-state index contributed by atoms with van der Waals surface area (Å²) in [6, 6.07) is 16.6. The van der Waals surface area contributed by atoms with Crippen LogP contribution in [-0.2, 0) is 0 Å². The largest absolute Gasteiger partial charge is 0.335 e. The van der Waals surface area contributed by atoms with Crippen molar-refractivity contribution in [1.82, 2.24) is 15.0 Å². The average molecular weight is 369 g/mol. The lowest BCUT2D eigenvalue weighted by atomic mass is 10.2. The van der Waals surface area contributed by atoms with Crippen molar-refractivity contribution in [3.8, 4) is 11.5 Å². The first-order chi connectivity index (χ1) is 12.7. The molecule has 0 saturated carbocycles. The number of halogens is 1. The van der Waals surface area contributed by atoms with Crippen LogP contribution in [0.1, 0.15) is 10.4 Å². The molecular weight excluding hydrogens is 352 g/mol. The van der Waals surface area contributed by atoms with Gasteiger partial charge in [0.05, 0.1) is 0 Å². The zero-order chi connectivity index (χ0) is 17.9. The molecule has 1 saturated heterocycles. The average Bonchev–Trinajstić information content (AvgIpc) is 3.19. The second kappa shape index (κ2) is 7.17. The van der Waals surface area contributed by atoms with Gasteiger partial charge >= 0.3 is 0 Å². The number of piperazine rings is 1. The highest BCUT2D eigenvalue weighted by molar-refractivity contribution is 6.30. The number of carbonyl (C=O) groups excluding carboxylic acids is 1. The van der Waals surface area contributed by atoms with Gasteiger partial charge in [-0.3, -0.25) is 4.79 Å². The Bertz CT molecular complexity index is 887. The fraction of sp³-hybridized carbons (Fsp3) is 0.211. The summed E-state index contributed by atoms with van der Waals surface area (Å²) < 4.78 is 5.36. The molecule has 132 valence electrons. The van der Waals surface area contributed by atoms with Crippen LogP contribution in [0.15, 0.2) is 59.1 Å². The normalized spacial score (nSPS) is 14.5. The van der Waals surface area contributed by atoms with E-state index in [1.165, 1.54) is 0 Å². The molecule has 2 aromatic carbocycles. The minimum Gasteiger partial charge on any atom is -0.335 e. The van der Waals surface area contributed by atoms with Gasteiger partial charge in [0.25, 0.3) is 17.7 Å². The Hall–Kier alpha value is -2.86. The zero-order valence-electron chi connectivity index (χ0n) is 14.0. The summed E-state index contributed by atoms with van der Waals surface area (Å²) in [5.41, 5.74) is 1.54. The summed E-state index contributed by atoms with van der Waals surface area (Å²) in [5, 5.41) is 4.70. The molecule has 1 aromatic heterocycles. The summed E-state index contributed by atoms with van der Waals surface area (Å²) in [6.45, 7) is 2.54. The maximum Gasteiger partial charge on any atom is 0.266 e.